The molecule has 3 rings (SSSR count). The minimum atomic E-state index is -1.16. The lowest BCUT2D eigenvalue weighted by atomic mass is 10.0. The molecule has 1 aromatic heterocycles. The summed E-state index contributed by atoms with van der Waals surface area (Å²) in [5.41, 5.74) is 0.463. The van der Waals surface area contributed by atoms with Gasteiger partial charge in [0.25, 0.3) is 17.7 Å². The third-order valence-corrected chi connectivity index (χ3v) is 5.01. The second-order valence-corrected chi connectivity index (χ2v) is 8.15. The first-order valence-corrected chi connectivity index (χ1v) is 10.2. The number of rotatable bonds is 7. The predicted molar refractivity (Wildman–Crippen MR) is 114 cm³/mol. The number of hydrogen-bond donors (Lipinski definition) is 1. The molecule has 1 aliphatic heterocycles. The van der Waals surface area contributed by atoms with Crippen LogP contribution in [0.15, 0.2) is 36.5 Å². The normalized spacial score (nSPS) is 13.9. The Labute approximate surface area is 188 Å². The van der Waals surface area contributed by atoms with E-state index < -0.39 is 36.3 Å². The third kappa shape index (κ3) is 5.03. The molecular formula is C21H19Cl2N3O5. The number of carbonyl (C=O) groups excluding carboxylic acids is 4. The van der Waals surface area contributed by atoms with Crippen molar-refractivity contribution < 1.29 is 23.9 Å². The van der Waals surface area contributed by atoms with E-state index in [1.165, 1.54) is 24.4 Å². The molecule has 162 valence electrons. The van der Waals surface area contributed by atoms with Gasteiger partial charge in [-0.1, -0.05) is 49.2 Å². The van der Waals surface area contributed by atoms with Gasteiger partial charge in [0.2, 0.25) is 0 Å². The lowest BCUT2D eigenvalue weighted by molar-refractivity contribution is -0.151. The molecule has 0 fully saturated rings. The number of fused-ring (bicyclic) bond motifs is 1. The molecule has 2 heterocycles. The first kappa shape index (κ1) is 22.7. The zero-order valence-electron chi connectivity index (χ0n) is 16.7. The highest BCUT2D eigenvalue weighted by atomic mass is 35.5. The Bertz CT molecular complexity index is 1020. The van der Waals surface area contributed by atoms with Crippen molar-refractivity contribution in [2.24, 2.45) is 5.92 Å². The van der Waals surface area contributed by atoms with Crippen molar-refractivity contribution in [1.29, 1.82) is 0 Å². The molecule has 1 aromatic carbocycles. The standard InChI is InChI=1S/C21H19Cl2N3O5/c1-11(2)7-16(26-19(28)13-5-3-4-6-14(13)20(26)29)21(30)31-10-17(27)25-18-15(23)8-12(22)9-24-18/h3-6,8-9,11,16H,7,10H2,1-2H3,(H,24,25,27)/t16-/m0/s1. The molecule has 1 N–H and O–H groups in total. The number of nitrogens with one attached hydrogen (secondary N) is 1. The fourth-order valence-electron chi connectivity index (χ4n) is 3.15. The predicted octanol–water partition coefficient (Wildman–Crippen LogP) is 3.58. The number of imide groups is 1. The second-order valence-electron chi connectivity index (χ2n) is 7.31. The number of nitrogens with zero attached hydrogens (tertiary/aromatic N) is 2. The van der Waals surface area contributed by atoms with Gasteiger partial charge in [-0.3, -0.25) is 19.3 Å². The molecule has 0 saturated heterocycles. The Morgan fingerprint density at radius 1 is 1.13 bits per heavy atom. The number of halogens is 2. The Hall–Kier alpha value is -2.97. The highest BCUT2D eigenvalue weighted by Crippen LogP contribution is 2.27. The fourth-order valence-corrected chi connectivity index (χ4v) is 3.58. The SMILES string of the molecule is CC(C)C[C@@H](C(=O)OCC(=O)Nc1ncc(Cl)cc1Cl)N1C(=O)c2ccccc2C1=O. The zero-order valence-corrected chi connectivity index (χ0v) is 18.2. The van der Waals surface area contributed by atoms with Crippen LogP contribution in [0.25, 0.3) is 0 Å². The maximum Gasteiger partial charge on any atom is 0.329 e. The number of amides is 3. The van der Waals surface area contributed by atoms with Gasteiger partial charge in [-0.05, 0) is 30.5 Å². The van der Waals surface area contributed by atoms with Crippen LogP contribution in [0.5, 0.6) is 0 Å². The summed E-state index contributed by atoms with van der Waals surface area (Å²) in [5, 5.41) is 2.83. The molecule has 0 radical (unpaired) electrons. The quantitative estimate of drug-likeness (QED) is 0.496. The Morgan fingerprint density at radius 3 is 2.29 bits per heavy atom. The van der Waals surface area contributed by atoms with Crippen molar-refractivity contribution in [3.8, 4) is 0 Å². The number of ether oxygens (including phenoxy) is 1. The van der Waals surface area contributed by atoms with Gasteiger partial charge < -0.3 is 10.1 Å². The van der Waals surface area contributed by atoms with Crippen molar-refractivity contribution in [2.75, 3.05) is 11.9 Å². The van der Waals surface area contributed by atoms with Gasteiger partial charge in [0.1, 0.15) is 6.04 Å². The molecular weight excluding hydrogens is 445 g/mol. The molecule has 0 bridgehead atoms. The number of anilines is 1. The van der Waals surface area contributed by atoms with Crippen molar-refractivity contribution >= 4 is 52.7 Å². The molecule has 1 aliphatic rings. The van der Waals surface area contributed by atoms with Gasteiger partial charge in [-0.15, -0.1) is 0 Å². The Kier molecular flexibility index (Phi) is 6.92. The molecule has 10 heteroatoms. The van der Waals surface area contributed by atoms with E-state index in [1.807, 2.05) is 13.8 Å². The maximum absolute atomic E-state index is 12.8. The van der Waals surface area contributed by atoms with E-state index in [2.05, 4.69) is 10.3 Å². The highest BCUT2D eigenvalue weighted by molar-refractivity contribution is 6.36. The van der Waals surface area contributed by atoms with Crippen LogP contribution in [0.1, 0.15) is 41.0 Å². The van der Waals surface area contributed by atoms with Crippen molar-refractivity contribution in [1.82, 2.24) is 9.88 Å². The Morgan fingerprint density at radius 2 is 1.74 bits per heavy atom. The van der Waals surface area contributed by atoms with Crippen LogP contribution in [-0.2, 0) is 14.3 Å². The summed E-state index contributed by atoms with van der Waals surface area (Å²) in [5.74, 6) is -2.63. The molecule has 31 heavy (non-hydrogen) atoms. The largest absolute Gasteiger partial charge is 0.454 e. The minimum Gasteiger partial charge on any atom is -0.454 e. The van der Waals surface area contributed by atoms with Crippen LogP contribution in [0.3, 0.4) is 0 Å². The van der Waals surface area contributed by atoms with Gasteiger partial charge in [0, 0.05) is 6.20 Å². The summed E-state index contributed by atoms with van der Waals surface area (Å²) < 4.78 is 5.12. The van der Waals surface area contributed by atoms with Crippen LogP contribution in [-0.4, -0.2) is 46.2 Å². The molecule has 0 spiro atoms. The average molecular weight is 464 g/mol. The molecule has 8 nitrogen and oxygen atoms in total. The molecule has 2 aromatic rings. The summed E-state index contributed by atoms with van der Waals surface area (Å²) in [6.07, 6.45) is 1.49. The van der Waals surface area contributed by atoms with Crippen molar-refractivity contribution in [3.63, 3.8) is 0 Å². The number of hydrogen-bond acceptors (Lipinski definition) is 6. The summed E-state index contributed by atoms with van der Waals surface area (Å²) >= 11 is 11.7. The van der Waals surface area contributed by atoms with Gasteiger partial charge >= 0.3 is 5.97 Å². The van der Waals surface area contributed by atoms with Crippen molar-refractivity contribution in [3.05, 3.63) is 57.7 Å². The van der Waals surface area contributed by atoms with E-state index >= 15 is 0 Å². The van der Waals surface area contributed by atoms with E-state index in [9.17, 15) is 19.2 Å². The third-order valence-electron chi connectivity index (χ3n) is 4.52. The lowest BCUT2D eigenvalue weighted by Crippen LogP contribution is -2.46. The van der Waals surface area contributed by atoms with Crippen LogP contribution >= 0.6 is 23.2 Å². The van der Waals surface area contributed by atoms with Crippen LogP contribution < -0.4 is 5.32 Å². The van der Waals surface area contributed by atoms with Crippen LogP contribution in [0, 0.1) is 5.92 Å². The van der Waals surface area contributed by atoms with E-state index in [0.717, 1.165) is 4.90 Å². The number of pyridine rings is 1. The molecule has 0 saturated carbocycles. The van der Waals surface area contributed by atoms with E-state index in [0.29, 0.717) is 5.02 Å². The smallest absolute Gasteiger partial charge is 0.329 e. The second kappa shape index (κ2) is 9.45. The van der Waals surface area contributed by atoms with Crippen LogP contribution in [0.2, 0.25) is 10.0 Å². The van der Waals surface area contributed by atoms with Gasteiger partial charge in [-0.2, -0.15) is 0 Å². The summed E-state index contributed by atoms with van der Waals surface area (Å²) in [7, 11) is 0. The summed E-state index contributed by atoms with van der Waals surface area (Å²) in [4.78, 5) is 55.3. The number of esters is 1. The van der Waals surface area contributed by atoms with Gasteiger partial charge in [0.15, 0.2) is 12.4 Å². The minimum absolute atomic E-state index is 0.0206. The molecule has 1 atom stereocenters. The fraction of sp³-hybridized carbons (Fsp3) is 0.286. The van der Waals surface area contributed by atoms with Crippen molar-refractivity contribution in [2.45, 2.75) is 26.3 Å². The zero-order chi connectivity index (χ0) is 22.7. The first-order valence-electron chi connectivity index (χ1n) is 9.43. The summed E-state index contributed by atoms with van der Waals surface area (Å²) in [6.45, 7) is 3.05. The van der Waals surface area contributed by atoms with Gasteiger partial charge in [0.05, 0.1) is 21.2 Å². The number of benzene rings is 1. The van der Waals surface area contributed by atoms with E-state index in [1.54, 1.807) is 12.1 Å². The van der Waals surface area contributed by atoms with Gasteiger partial charge in [-0.25, -0.2) is 9.78 Å². The average Bonchev–Trinajstić information content (AvgIpc) is 2.97. The lowest BCUT2D eigenvalue weighted by Gasteiger charge is -2.25. The Balaban J connectivity index is 1.70. The maximum atomic E-state index is 12.8. The van der Waals surface area contributed by atoms with E-state index in [-0.39, 0.29) is 34.3 Å². The highest BCUT2D eigenvalue weighted by Gasteiger charge is 2.43. The van der Waals surface area contributed by atoms with E-state index in [4.69, 9.17) is 27.9 Å². The monoisotopic (exact) mass is 463 g/mol. The molecule has 3 amide bonds. The number of aromatic nitrogens is 1. The molecule has 0 aliphatic carbocycles. The number of carbonyl (C=O) groups is 4. The topological polar surface area (TPSA) is 106 Å². The molecule has 0 unspecified atom stereocenters. The van der Waals surface area contributed by atoms with Crippen LogP contribution in [0.4, 0.5) is 5.82 Å². The summed E-state index contributed by atoms with van der Waals surface area (Å²) in [6, 6.07) is 6.59. The first-order chi connectivity index (χ1) is 14.7.